The molecule has 12 nitrogen and oxygen atoms in total. The fourth-order valence-corrected chi connectivity index (χ4v) is 8.03. The average molecular weight is 807 g/mol. The molecule has 0 aromatic carbocycles. The van der Waals surface area contributed by atoms with Gasteiger partial charge < -0.3 is 37.9 Å². The van der Waals surface area contributed by atoms with Gasteiger partial charge in [0.15, 0.2) is 0 Å². The highest BCUT2D eigenvalue weighted by atomic mass is 16.6. The van der Waals surface area contributed by atoms with E-state index in [-0.39, 0.29) is 49.0 Å². The van der Waals surface area contributed by atoms with Gasteiger partial charge in [0.1, 0.15) is 12.2 Å². The zero-order valence-electron chi connectivity index (χ0n) is 35.0. The molecule has 0 spiro atoms. The minimum absolute atomic E-state index is 0.161. The quantitative estimate of drug-likeness (QED) is 0.0226. The first-order valence-corrected chi connectivity index (χ1v) is 22.2. The summed E-state index contributed by atoms with van der Waals surface area (Å²) in [7, 11) is 1.73. The van der Waals surface area contributed by atoms with E-state index in [1.165, 1.54) is 6.26 Å². The molecule has 0 aliphatic heterocycles. The van der Waals surface area contributed by atoms with Crippen LogP contribution in [0.15, 0.2) is 25.5 Å². The summed E-state index contributed by atoms with van der Waals surface area (Å²) >= 11 is 0. The van der Waals surface area contributed by atoms with Crippen molar-refractivity contribution in [3.63, 3.8) is 0 Å². The van der Waals surface area contributed by atoms with Gasteiger partial charge in [-0.1, -0.05) is 32.4 Å². The first-order chi connectivity index (χ1) is 27.8. The molecule has 0 N–H and O–H groups in total. The molecule has 3 saturated carbocycles. The van der Waals surface area contributed by atoms with Crippen LogP contribution in [0.2, 0.25) is 0 Å². The van der Waals surface area contributed by atoms with Crippen LogP contribution in [0.1, 0.15) is 148 Å². The standard InChI is InChI=1S/C45H74O12/c1-4-42(46)54-32-16-10-11-17-33-55-45(49)40-34-39(56-43(47)35-18-22-37(23-19-35)53-31-15-9-7-13-29-51-5-2)26-27-41(40)57-44(48)36-20-24-38(25-21-36)52-30-14-8-6-12-28-50-3/h4-5,35-41H,1-2,6-34H2,3H3. The SMILES string of the molecule is C=COCCCCCCOC1CCC(C(=O)OC2CCC(OC(=O)C3CCC(OCCCCCCOC)CC3)C(C(=O)OCCCCCCOC(=O)C=C)C2)CC1. The fourth-order valence-electron chi connectivity index (χ4n) is 8.03. The zero-order valence-corrected chi connectivity index (χ0v) is 35.0. The fraction of sp³-hybridized carbons (Fsp3) is 0.822. The van der Waals surface area contributed by atoms with E-state index in [0.717, 1.165) is 129 Å². The number of carbonyl (C=O) groups is 4. The Balaban J connectivity index is 1.43. The second-order valence-electron chi connectivity index (χ2n) is 16.0. The number of unbranched alkanes of at least 4 members (excludes halogenated alkanes) is 9. The molecule has 0 aromatic heterocycles. The van der Waals surface area contributed by atoms with Crippen molar-refractivity contribution in [3.8, 4) is 0 Å². The Labute approximate surface area is 342 Å². The number of rotatable bonds is 30. The molecule has 3 aliphatic carbocycles. The Morgan fingerprint density at radius 3 is 1.51 bits per heavy atom. The second-order valence-corrected chi connectivity index (χ2v) is 16.0. The molecule has 0 bridgehead atoms. The zero-order chi connectivity index (χ0) is 40.9. The first-order valence-electron chi connectivity index (χ1n) is 22.2. The lowest BCUT2D eigenvalue weighted by molar-refractivity contribution is -0.177. The van der Waals surface area contributed by atoms with Gasteiger partial charge in [-0.2, -0.15) is 0 Å². The predicted molar refractivity (Wildman–Crippen MR) is 216 cm³/mol. The summed E-state index contributed by atoms with van der Waals surface area (Å²) in [4.78, 5) is 51.5. The van der Waals surface area contributed by atoms with Gasteiger partial charge in [-0.05, 0) is 122 Å². The van der Waals surface area contributed by atoms with E-state index in [1.54, 1.807) is 7.11 Å². The maximum atomic E-state index is 13.5. The molecule has 0 saturated heterocycles. The van der Waals surface area contributed by atoms with Crippen LogP contribution in [0.4, 0.5) is 0 Å². The third kappa shape index (κ3) is 20.5. The summed E-state index contributed by atoms with van der Waals surface area (Å²) < 4.78 is 45.4. The monoisotopic (exact) mass is 807 g/mol. The van der Waals surface area contributed by atoms with Gasteiger partial charge in [0.2, 0.25) is 0 Å². The molecule has 0 heterocycles. The van der Waals surface area contributed by atoms with Gasteiger partial charge >= 0.3 is 23.9 Å². The lowest BCUT2D eigenvalue weighted by Gasteiger charge is -2.36. The van der Waals surface area contributed by atoms with Crippen molar-refractivity contribution in [2.24, 2.45) is 17.8 Å². The van der Waals surface area contributed by atoms with Crippen molar-refractivity contribution < 1.29 is 57.1 Å². The molecule has 3 aliphatic rings. The van der Waals surface area contributed by atoms with Crippen LogP contribution in [0, 0.1) is 17.8 Å². The minimum Gasteiger partial charge on any atom is -0.502 e. The molecule has 12 heteroatoms. The number of ether oxygens (including phenoxy) is 8. The van der Waals surface area contributed by atoms with Crippen molar-refractivity contribution in [1.82, 2.24) is 0 Å². The topological polar surface area (TPSA) is 142 Å². The first kappa shape index (κ1) is 48.4. The summed E-state index contributed by atoms with van der Waals surface area (Å²) in [5.74, 6) is -2.45. The molecule has 0 aromatic rings. The van der Waals surface area contributed by atoms with Gasteiger partial charge in [0, 0.05) is 39.4 Å². The highest BCUT2D eigenvalue weighted by molar-refractivity contribution is 5.81. The van der Waals surface area contributed by atoms with Crippen LogP contribution in [0.3, 0.4) is 0 Å². The van der Waals surface area contributed by atoms with Gasteiger partial charge in [0.25, 0.3) is 0 Å². The van der Waals surface area contributed by atoms with Crippen LogP contribution in [0.25, 0.3) is 0 Å². The molecule has 0 amide bonds. The van der Waals surface area contributed by atoms with Crippen LogP contribution >= 0.6 is 0 Å². The molecule has 3 unspecified atom stereocenters. The van der Waals surface area contributed by atoms with E-state index in [4.69, 9.17) is 37.9 Å². The average Bonchev–Trinajstić information content (AvgIpc) is 3.23. The van der Waals surface area contributed by atoms with E-state index >= 15 is 0 Å². The van der Waals surface area contributed by atoms with Gasteiger partial charge in [-0.15, -0.1) is 0 Å². The van der Waals surface area contributed by atoms with Crippen LogP contribution in [0.5, 0.6) is 0 Å². The van der Waals surface area contributed by atoms with Gasteiger partial charge in [0.05, 0.1) is 56.0 Å². The number of hydrogen-bond donors (Lipinski definition) is 0. The Hall–Kier alpha value is -2.96. The molecular formula is C45H74O12. The summed E-state index contributed by atoms with van der Waals surface area (Å²) in [6, 6.07) is 0. The van der Waals surface area contributed by atoms with Crippen molar-refractivity contribution in [2.75, 3.05) is 46.8 Å². The third-order valence-corrected chi connectivity index (χ3v) is 11.5. The largest absolute Gasteiger partial charge is 0.502 e. The number of carbonyl (C=O) groups excluding carboxylic acids is 4. The molecule has 0 radical (unpaired) electrons. The number of hydrogen-bond acceptors (Lipinski definition) is 12. The Morgan fingerprint density at radius 1 is 0.509 bits per heavy atom. The minimum atomic E-state index is -0.707. The third-order valence-electron chi connectivity index (χ3n) is 11.5. The van der Waals surface area contributed by atoms with E-state index < -0.39 is 30.1 Å². The summed E-state index contributed by atoms with van der Waals surface area (Å²) in [6.45, 7) is 10.5. The smallest absolute Gasteiger partial charge is 0.330 e. The lowest BCUT2D eigenvalue weighted by atomic mass is 9.83. The molecule has 3 atom stereocenters. The molecule has 3 rings (SSSR count). The highest BCUT2D eigenvalue weighted by Crippen LogP contribution is 2.35. The lowest BCUT2D eigenvalue weighted by Crippen LogP contribution is -2.43. The molecule has 3 fully saturated rings. The predicted octanol–water partition coefficient (Wildman–Crippen LogP) is 8.52. The summed E-state index contributed by atoms with van der Waals surface area (Å²) in [5.41, 5.74) is 0. The van der Waals surface area contributed by atoms with Gasteiger partial charge in [-0.25, -0.2) is 4.79 Å². The molecule has 326 valence electrons. The Bertz CT molecular complexity index is 1140. The van der Waals surface area contributed by atoms with E-state index in [9.17, 15) is 19.2 Å². The maximum Gasteiger partial charge on any atom is 0.330 e. The summed E-state index contributed by atoms with van der Waals surface area (Å²) in [5, 5.41) is 0. The van der Waals surface area contributed by atoms with Crippen LogP contribution < -0.4 is 0 Å². The van der Waals surface area contributed by atoms with E-state index in [1.807, 2.05) is 0 Å². The van der Waals surface area contributed by atoms with Crippen LogP contribution in [-0.4, -0.2) is 95.0 Å². The van der Waals surface area contributed by atoms with Crippen LogP contribution in [-0.2, 0) is 57.1 Å². The maximum absolute atomic E-state index is 13.5. The number of esters is 4. The Morgan fingerprint density at radius 2 is 0.982 bits per heavy atom. The second kappa shape index (κ2) is 30.1. The normalized spacial score (nSPS) is 24.8. The number of methoxy groups -OCH3 is 1. The molecule has 57 heavy (non-hydrogen) atoms. The summed E-state index contributed by atoms with van der Waals surface area (Å²) in [6.07, 6.45) is 20.8. The highest BCUT2D eigenvalue weighted by Gasteiger charge is 2.42. The van der Waals surface area contributed by atoms with E-state index in [0.29, 0.717) is 51.7 Å². The van der Waals surface area contributed by atoms with Gasteiger partial charge in [-0.3, -0.25) is 14.4 Å². The van der Waals surface area contributed by atoms with Crippen molar-refractivity contribution in [2.45, 2.75) is 172 Å². The van der Waals surface area contributed by atoms with Crippen molar-refractivity contribution >= 4 is 23.9 Å². The van der Waals surface area contributed by atoms with E-state index in [2.05, 4.69) is 13.2 Å². The molecular weight excluding hydrogens is 732 g/mol. The van der Waals surface area contributed by atoms with Crippen molar-refractivity contribution in [3.05, 3.63) is 25.5 Å². The van der Waals surface area contributed by atoms with Crippen molar-refractivity contribution in [1.29, 1.82) is 0 Å². The Kier molecular flexibility index (Phi) is 25.6.